The van der Waals surface area contributed by atoms with Gasteiger partial charge in [0.15, 0.2) is 0 Å². The fraction of sp³-hybridized carbons (Fsp3) is 0.533. The quantitative estimate of drug-likeness (QED) is 0.844. The minimum absolute atomic E-state index is 0.0908. The molecule has 0 bridgehead atoms. The van der Waals surface area contributed by atoms with Gasteiger partial charge in [-0.15, -0.1) is 0 Å². The van der Waals surface area contributed by atoms with Crippen molar-refractivity contribution < 1.29 is 18.7 Å². The summed E-state index contributed by atoms with van der Waals surface area (Å²) in [5.74, 6) is -1.93. The third-order valence-electron chi connectivity index (χ3n) is 3.72. The minimum atomic E-state index is -0.933. The summed E-state index contributed by atoms with van der Waals surface area (Å²) in [4.78, 5) is 10.9. The summed E-state index contributed by atoms with van der Waals surface area (Å²) in [6.07, 6.45) is 4.39. The monoisotopic (exact) mass is 283 g/mol. The van der Waals surface area contributed by atoms with Crippen molar-refractivity contribution in [1.29, 1.82) is 0 Å². The molecule has 2 N–H and O–H groups in total. The van der Waals surface area contributed by atoms with Crippen LogP contribution < -0.4 is 5.32 Å². The van der Waals surface area contributed by atoms with E-state index in [4.69, 9.17) is 5.11 Å². The van der Waals surface area contributed by atoms with Crippen molar-refractivity contribution in [2.24, 2.45) is 0 Å². The van der Waals surface area contributed by atoms with Gasteiger partial charge in [0.05, 0.1) is 6.42 Å². The van der Waals surface area contributed by atoms with Crippen molar-refractivity contribution in [3.63, 3.8) is 0 Å². The number of hydrogen-bond acceptors (Lipinski definition) is 2. The van der Waals surface area contributed by atoms with Gasteiger partial charge in [-0.1, -0.05) is 12.8 Å². The van der Waals surface area contributed by atoms with E-state index >= 15 is 0 Å². The maximum atomic E-state index is 13.6. The van der Waals surface area contributed by atoms with Crippen LogP contribution in [0.25, 0.3) is 0 Å². The molecular weight excluding hydrogens is 264 g/mol. The van der Waals surface area contributed by atoms with Gasteiger partial charge in [0.2, 0.25) is 0 Å². The number of halogens is 2. The van der Waals surface area contributed by atoms with Gasteiger partial charge in [-0.3, -0.25) is 4.79 Å². The summed E-state index contributed by atoms with van der Waals surface area (Å²) in [6, 6.07) is 3.21. The molecular formula is C15H19F2NO2. The first kappa shape index (κ1) is 14.9. The number of rotatable bonds is 6. The molecule has 20 heavy (non-hydrogen) atoms. The predicted molar refractivity (Wildman–Crippen MR) is 71.5 cm³/mol. The van der Waals surface area contributed by atoms with E-state index in [9.17, 15) is 13.6 Å². The Kier molecular flexibility index (Phi) is 5.06. The van der Waals surface area contributed by atoms with Crippen LogP contribution in [-0.4, -0.2) is 23.2 Å². The van der Waals surface area contributed by atoms with Crippen molar-refractivity contribution in [2.45, 2.75) is 50.6 Å². The van der Waals surface area contributed by atoms with E-state index in [-0.39, 0.29) is 30.5 Å². The van der Waals surface area contributed by atoms with Gasteiger partial charge in [-0.2, -0.15) is 0 Å². The molecule has 0 radical (unpaired) electrons. The molecule has 1 aliphatic rings. The van der Waals surface area contributed by atoms with Crippen molar-refractivity contribution in [3.05, 3.63) is 35.4 Å². The largest absolute Gasteiger partial charge is 0.481 e. The van der Waals surface area contributed by atoms with Crippen molar-refractivity contribution in [3.8, 4) is 0 Å². The first-order valence-electron chi connectivity index (χ1n) is 6.96. The second kappa shape index (κ2) is 6.79. The Bertz CT molecular complexity index is 473. The Morgan fingerprint density at radius 3 is 2.70 bits per heavy atom. The van der Waals surface area contributed by atoms with E-state index in [2.05, 4.69) is 5.32 Å². The lowest BCUT2D eigenvalue weighted by atomic mass is 10.0. The average molecular weight is 283 g/mol. The first-order valence-corrected chi connectivity index (χ1v) is 6.96. The molecule has 3 nitrogen and oxygen atoms in total. The Morgan fingerprint density at radius 1 is 1.35 bits per heavy atom. The summed E-state index contributed by atoms with van der Waals surface area (Å²) in [5, 5.41) is 12.2. The molecule has 1 aromatic rings. The van der Waals surface area contributed by atoms with Crippen molar-refractivity contribution in [2.75, 3.05) is 0 Å². The molecule has 0 amide bonds. The third kappa shape index (κ3) is 4.27. The van der Waals surface area contributed by atoms with Crippen LogP contribution in [0.1, 0.15) is 37.7 Å². The lowest BCUT2D eigenvalue weighted by molar-refractivity contribution is -0.137. The van der Waals surface area contributed by atoms with Crippen LogP contribution in [-0.2, 0) is 11.2 Å². The lowest BCUT2D eigenvalue weighted by Gasteiger charge is -2.22. The normalized spacial score (nSPS) is 17.3. The Labute approximate surface area is 117 Å². The van der Waals surface area contributed by atoms with Crippen LogP contribution in [0.15, 0.2) is 18.2 Å². The molecule has 1 saturated carbocycles. The van der Waals surface area contributed by atoms with Crippen molar-refractivity contribution in [1.82, 2.24) is 5.32 Å². The molecule has 110 valence electrons. The Balaban J connectivity index is 2.05. The molecule has 0 aliphatic heterocycles. The zero-order chi connectivity index (χ0) is 14.5. The predicted octanol–water partition coefficient (Wildman–Crippen LogP) is 2.88. The summed E-state index contributed by atoms with van der Waals surface area (Å²) in [6.45, 7) is 0. The molecule has 2 rings (SSSR count). The second-order valence-corrected chi connectivity index (χ2v) is 5.38. The van der Waals surface area contributed by atoms with Gasteiger partial charge in [0.1, 0.15) is 11.6 Å². The number of nitrogens with one attached hydrogen (secondary N) is 1. The van der Waals surface area contributed by atoms with Crippen molar-refractivity contribution >= 4 is 5.97 Å². The van der Waals surface area contributed by atoms with E-state index in [1.807, 2.05) is 0 Å². The smallest absolute Gasteiger partial charge is 0.304 e. The molecule has 1 fully saturated rings. The summed E-state index contributed by atoms with van der Waals surface area (Å²) < 4.78 is 26.8. The molecule has 0 aromatic heterocycles. The van der Waals surface area contributed by atoms with Crippen LogP contribution in [0.2, 0.25) is 0 Å². The van der Waals surface area contributed by atoms with Gasteiger partial charge in [0, 0.05) is 12.1 Å². The number of carbonyl (C=O) groups is 1. The zero-order valence-corrected chi connectivity index (χ0v) is 11.2. The lowest BCUT2D eigenvalue weighted by Crippen LogP contribution is -2.39. The number of hydrogen-bond donors (Lipinski definition) is 2. The zero-order valence-electron chi connectivity index (χ0n) is 11.2. The fourth-order valence-corrected chi connectivity index (χ4v) is 2.79. The Hall–Kier alpha value is -1.49. The van der Waals surface area contributed by atoms with E-state index in [0.717, 1.165) is 43.9 Å². The highest BCUT2D eigenvalue weighted by atomic mass is 19.1. The van der Waals surface area contributed by atoms with E-state index in [1.54, 1.807) is 0 Å². The fourth-order valence-electron chi connectivity index (χ4n) is 2.79. The van der Waals surface area contributed by atoms with Gasteiger partial charge < -0.3 is 10.4 Å². The van der Waals surface area contributed by atoms with Crippen LogP contribution in [0.5, 0.6) is 0 Å². The average Bonchev–Trinajstić information content (AvgIpc) is 2.86. The highest BCUT2D eigenvalue weighted by Crippen LogP contribution is 2.20. The molecule has 1 aliphatic carbocycles. The highest BCUT2D eigenvalue weighted by Gasteiger charge is 2.22. The summed E-state index contributed by atoms with van der Waals surface area (Å²) in [5.41, 5.74) is 0.224. The van der Waals surface area contributed by atoms with Crippen LogP contribution in [0, 0.1) is 11.6 Å². The molecule has 5 heteroatoms. The van der Waals surface area contributed by atoms with Gasteiger partial charge in [0.25, 0.3) is 0 Å². The van der Waals surface area contributed by atoms with E-state index in [1.165, 1.54) is 0 Å². The van der Waals surface area contributed by atoms with E-state index < -0.39 is 17.6 Å². The van der Waals surface area contributed by atoms with Crippen LogP contribution in [0.4, 0.5) is 8.78 Å². The minimum Gasteiger partial charge on any atom is -0.481 e. The molecule has 0 saturated heterocycles. The van der Waals surface area contributed by atoms with Gasteiger partial charge in [-0.05, 0) is 43.0 Å². The Morgan fingerprint density at radius 2 is 2.05 bits per heavy atom. The topological polar surface area (TPSA) is 49.3 Å². The number of carboxylic acids is 1. The molecule has 1 aromatic carbocycles. The van der Waals surface area contributed by atoms with Gasteiger partial charge in [-0.25, -0.2) is 8.78 Å². The third-order valence-corrected chi connectivity index (χ3v) is 3.72. The first-order chi connectivity index (χ1) is 9.54. The number of benzene rings is 1. The second-order valence-electron chi connectivity index (χ2n) is 5.38. The molecule has 1 atom stereocenters. The molecule has 0 heterocycles. The van der Waals surface area contributed by atoms with Gasteiger partial charge >= 0.3 is 5.97 Å². The summed E-state index contributed by atoms with van der Waals surface area (Å²) in [7, 11) is 0. The molecule has 1 unspecified atom stereocenters. The van der Waals surface area contributed by atoms with Crippen LogP contribution in [0.3, 0.4) is 0 Å². The molecule has 0 spiro atoms. The standard InChI is InChI=1S/C15H19F2NO2/c16-11-5-6-14(17)10(7-11)8-13(9-15(19)20)18-12-3-1-2-4-12/h5-7,12-13,18H,1-4,8-9H2,(H,19,20). The summed E-state index contributed by atoms with van der Waals surface area (Å²) >= 11 is 0. The number of aliphatic carboxylic acids is 1. The SMILES string of the molecule is O=C(O)CC(Cc1cc(F)ccc1F)NC1CCCC1. The van der Waals surface area contributed by atoms with E-state index in [0.29, 0.717) is 0 Å². The maximum absolute atomic E-state index is 13.6. The maximum Gasteiger partial charge on any atom is 0.304 e. The number of carboxylic acid groups (broad SMARTS) is 1. The van der Waals surface area contributed by atoms with Crippen LogP contribution >= 0.6 is 0 Å². The highest BCUT2D eigenvalue weighted by molar-refractivity contribution is 5.67.